The molecule has 5 nitrogen and oxygen atoms in total. The zero-order valence-electron chi connectivity index (χ0n) is 11.6. The van der Waals surface area contributed by atoms with Crippen LogP contribution in [0.15, 0.2) is 28.9 Å². The monoisotopic (exact) mass is 356 g/mol. The molecule has 1 heterocycles. The fourth-order valence-electron chi connectivity index (χ4n) is 1.87. The number of benzene rings is 1. The third kappa shape index (κ3) is 3.30. The van der Waals surface area contributed by atoms with Gasteiger partial charge in [-0.25, -0.2) is 4.39 Å². The quantitative estimate of drug-likeness (QED) is 0.746. The van der Waals surface area contributed by atoms with E-state index in [1.807, 2.05) is 0 Å². The fraction of sp³-hybridized carbons (Fsp3) is 0.286. The van der Waals surface area contributed by atoms with Crippen molar-refractivity contribution in [3.63, 3.8) is 0 Å². The van der Waals surface area contributed by atoms with Gasteiger partial charge in [0, 0.05) is 13.2 Å². The molecular weight excluding hydrogens is 343 g/mol. The predicted molar refractivity (Wildman–Crippen MR) is 78.2 cm³/mol. The van der Waals surface area contributed by atoms with Gasteiger partial charge in [-0.15, -0.1) is 0 Å². The molecule has 0 saturated carbocycles. The van der Waals surface area contributed by atoms with Crippen LogP contribution in [-0.4, -0.2) is 36.4 Å². The molecule has 0 aliphatic carbocycles. The number of rotatable bonds is 6. The van der Waals surface area contributed by atoms with Crippen molar-refractivity contribution in [3.05, 3.63) is 45.9 Å². The van der Waals surface area contributed by atoms with Crippen LogP contribution in [0.5, 0.6) is 5.75 Å². The van der Waals surface area contributed by atoms with E-state index < -0.39 is 11.6 Å². The Morgan fingerprint density at radius 2 is 2.19 bits per heavy atom. The summed E-state index contributed by atoms with van der Waals surface area (Å²) in [7, 11) is 3.00. The summed E-state index contributed by atoms with van der Waals surface area (Å²) >= 11 is 3.27. The summed E-state index contributed by atoms with van der Waals surface area (Å²) in [5.41, 5.74) is 0.256. The van der Waals surface area contributed by atoms with Crippen LogP contribution in [-0.2, 0) is 11.3 Å². The number of aromatic nitrogens is 2. The van der Waals surface area contributed by atoms with Crippen LogP contribution < -0.4 is 4.74 Å². The highest BCUT2D eigenvalue weighted by Crippen LogP contribution is 2.23. The van der Waals surface area contributed by atoms with Gasteiger partial charge in [-0.1, -0.05) is 0 Å². The Bertz CT molecular complexity index is 658. The summed E-state index contributed by atoms with van der Waals surface area (Å²) in [5, 5.41) is 4.09. The summed E-state index contributed by atoms with van der Waals surface area (Å²) < 4.78 is 25.9. The van der Waals surface area contributed by atoms with E-state index in [-0.39, 0.29) is 11.3 Å². The molecule has 0 bridgehead atoms. The molecule has 2 rings (SSSR count). The van der Waals surface area contributed by atoms with Crippen molar-refractivity contribution in [3.8, 4) is 5.75 Å². The third-order valence-electron chi connectivity index (χ3n) is 2.94. The number of carbonyl (C=O) groups is 1. The second kappa shape index (κ2) is 6.82. The zero-order valence-corrected chi connectivity index (χ0v) is 13.2. The van der Waals surface area contributed by atoms with Crippen LogP contribution >= 0.6 is 15.9 Å². The molecule has 0 aliphatic heterocycles. The van der Waals surface area contributed by atoms with Crippen LogP contribution in [0.25, 0.3) is 0 Å². The van der Waals surface area contributed by atoms with Gasteiger partial charge in [0.15, 0.2) is 0 Å². The molecule has 0 aliphatic rings. The topological polar surface area (TPSA) is 53.4 Å². The number of carbonyl (C=O) groups excluding carboxylic acids is 1. The first-order valence-corrected chi connectivity index (χ1v) is 6.96. The molecule has 2 aromatic rings. The maximum Gasteiger partial charge on any atom is 0.215 e. The van der Waals surface area contributed by atoms with Gasteiger partial charge in [-0.05, 0) is 28.1 Å². The van der Waals surface area contributed by atoms with Gasteiger partial charge in [0.25, 0.3) is 0 Å². The maximum atomic E-state index is 14.0. The average molecular weight is 357 g/mol. The van der Waals surface area contributed by atoms with E-state index in [1.165, 1.54) is 30.1 Å². The van der Waals surface area contributed by atoms with Gasteiger partial charge in [-0.3, -0.25) is 9.48 Å². The fourth-order valence-corrected chi connectivity index (χ4v) is 2.35. The Labute approximate surface area is 129 Å². The van der Waals surface area contributed by atoms with Crippen LogP contribution in [0.2, 0.25) is 0 Å². The normalized spacial score (nSPS) is 10.7. The molecular formula is C14H14BrFN2O3. The van der Waals surface area contributed by atoms with Crippen LogP contribution in [0, 0.1) is 5.82 Å². The zero-order chi connectivity index (χ0) is 15.4. The molecule has 7 heteroatoms. The summed E-state index contributed by atoms with van der Waals surface area (Å²) in [4.78, 5) is 12.5. The minimum absolute atomic E-state index is 0.0318. The molecule has 0 N–H and O–H groups in total. The van der Waals surface area contributed by atoms with Crippen molar-refractivity contribution < 1.29 is 18.7 Å². The lowest BCUT2D eigenvalue weighted by molar-refractivity contribution is 0.102. The third-order valence-corrected chi connectivity index (χ3v) is 3.52. The maximum absolute atomic E-state index is 14.0. The number of nitrogens with zero attached hydrogens (tertiary/aromatic N) is 2. The minimum atomic E-state index is -0.634. The van der Waals surface area contributed by atoms with Gasteiger partial charge in [0.05, 0.1) is 36.5 Å². The lowest BCUT2D eigenvalue weighted by Gasteiger charge is -2.08. The smallest absolute Gasteiger partial charge is 0.215 e. The van der Waals surface area contributed by atoms with Crippen LogP contribution in [0.3, 0.4) is 0 Å². The lowest BCUT2D eigenvalue weighted by atomic mass is 10.1. The Kier molecular flexibility index (Phi) is 5.08. The van der Waals surface area contributed by atoms with Crippen molar-refractivity contribution in [1.29, 1.82) is 0 Å². The minimum Gasteiger partial charge on any atom is -0.497 e. The summed E-state index contributed by atoms with van der Waals surface area (Å²) in [6.07, 6.45) is 1.50. The van der Waals surface area contributed by atoms with Gasteiger partial charge < -0.3 is 9.47 Å². The van der Waals surface area contributed by atoms with Gasteiger partial charge in [-0.2, -0.15) is 5.10 Å². The Hall–Kier alpha value is -1.73. The van der Waals surface area contributed by atoms with Gasteiger partial charge in [0.2, 0.25) is 5.78 Å². The number of ether oxygens (including phenoxy) is 2. The second-order valence-electron chi connectivity index (χ2n) is 4.23. The van der Waals surface area contributed by atoms with Gasteiger partial charge in [0.1, 0.15) is 17.3 Å². The van der Waals surface area contributed by atoms with Crippen molar-refractivity contribution >= 4 is 21.7 Å². The number of ketones is 1. The summed E-state index contributed by atoms with van der Waals surface area (Å²) in [6, 6.07) is 4.12. The summed E-state index contributed by atoms with van der Waals surface area (Å²) in [5.74, 6) is -0.725. The number of methoxy groups -OCH3 is 2. The molecule has 1 aromatic heterocycles. The van der Waals surface area contributed by atoms with E-state index in [0.717, 1.165) is 0 Å². The van der Waals surface area contributed by atoms with E-state index in [1.54, 1.807) is 13.2 Å². The molecule has 0 spiro atoms. The van der Waals surface area contributed by atoms with E-state index in [2.05, 4.69) is 21.0 Å². The molecule has 21 heavy (non-hydrogen) atoms. The van der Waals surface area contributed by atoms with Crippen molar-refractivity contribution in [2.45, 2.75) is 6.54 Å². The molecule has 0 unspecified atom stereocenters. The van der Waals surface area contributed by atoms with E-state index in [9.17, 15) is 9.18 Å². The molecule has 0 radical (unpaired) electrons. The molecule has 0 saturated heterocycles. The Balaban J connectivity index is 2.38. The van der Waals surface area contributed by atoms with Crippen LogP contribution in [0.1, 0.15) is 16.1 Å². The van der Waals surface area contributed by atoms with E-state index >= 15 is 0 Å². The van der Waals surface area contributed by atoms with E-state index in [0.29, 0.717) is 23.4 Å². The highest BCUT2D eigenvalue weighted by molar-refractivity contribution is 9.10. The van der Waals surface area contributed by atoms with Crippen molar-refractivity contribution in [1.82, 2.24) is 9.78 Å². The first kappa shape index (κ1) is 15.7. The highest BCUT2D eigenvalue weighted by atomic mass is 79.9. The first-order chi connectivity index (χ1) is 10.1. The molecule has 0 atom stereocenters. The average Bonchev–Trinajstić information content (AvgIpc) is 2.85. The van der Waals surface area contributed by atoms with Crippen molar-refractivity contribution in [2.24, 2.45) is 0 Å². The predicted octanol–water partition coefficient (Wildman–Crippen LogP) is 2.67. The van der Waals surface area contributed by atoms with Crippen LogP contribution in [0.4, 0.5) is 4.39 Å². The molecule has 1 aromatic carbocycles. The molecule has 0 fully saturated rings. The Morgan fingerprint density at radius 1 is 1.43 bits per heavy atom. The Morgan fingerprint density at radius 3 is 2.81 bits per heavy atom. The first-order valence-electron chi connectivity index (χ1n) is 6.17. The van der Waals surface area contributed by atoms with E-state index in [4.69, 9.17) is 9.47 Å². The number of hydrogen-bond acceptors (Lipinski definition) is 4. The number of halogens is 2. The lowest BCUT2D eigenvalue weighted by Crippen LogP contribution is -2.15. The number of hydrogen-bond donors (Lipinski definition) is 0. The standard InChI is InChI=1S/C14H14BrFN2O3/c1-20-6-5-18-13(11(15)8-17-18)14(19)10-4-3-9(21-2)7-12(10)16/h3-4,7-8H,5-6H2,1-2H3. The summed E-state index contributed by atoms with van der Waals surface area (Å²) in [6.45, 7) is 0.806. The molecule has 112 valence electrons. The van der Waals surface area contributed by atoms with Crippen molar-refractivity contribution in [2.75, 3.05) is 20.8 Å². The largest absolute Gasteiger partial charge is 0.497 e. The van der Waals surface area contributed by atoms with Gasteiger partial charge >= 0.3 is 0 Å². The SMILES string of the molecule is COCCn1ncc(Br)c1C(=O)c1ccc(OC)cc1F. The second-order valence-corrected chi connectivity index (χ2v) is 5.09. The highest BCUT2D eigenvalue weighted by Gasteiger charge is 2.22. The molecule has 0 amide bonds.